The van der Waals surface area contributed by atoms with Gasteiger partial charge in [0.05, 0.1) is 5.92 Å². The van der Waals surface area contributed by atoms with Crippen LogP contribution in [0.1, 0.15) is 44.9 Å². The van der Waals surface area contributed by atoms with E-state index in [9.17, 15) is 9.59 Å². The molecule has 2 aliphatic carbocycles. The molecule has 3 aliphatic rings. The first-order valence-corrected chi connectivity index (χ1v) is 7.77. The number of allylic oxidation sites excluding steroid dienone is 4. The fourth-order valence-electron chi connectivity index (χ4n) is 3.81. The lowest BCUT2D eigenvalue weighted by atomic mass is 9.74. The molecule has 1 fully saturated rings. The van der Waals surface area contributed by atoms with Crippen LogP contribution < -0.4 is 0 Å². The van der Waals surface area contributed by atoms with Gasteiger partial charge >= 0.3 is 0 Å². The van der Waals surface area contributed by atoms with Crippen molar-refractivity contribution in [3.63, 3.8) is 0 Å². The number of methoxy groups -OCH3 is 1. The largest absolute Gasteiger partial charge is 0.347 e. The Hall–Kier alpha value is -1.26. The molecule has 3 rings (SSSR count). The summed E-state index contributed by atoms with van der Waals surface area (Å²) in [5.74, 6) is -1.63. The number of fused-ring (bicyclic) bond motifs is 3. The highest BCUT2D eigenvalue weighted by Gasteiger charge is 2.64. The highest BCUT2D eigenvalue weighted by Crippen LogP contribution is 2.49. The molecule has 0 saturated carbocycles. The van der Waals surface area contributed by atoms with Crippen molar-refractivity contribution in [1.29, 1.82) is 0 Å². The lowest BCUT2D eigenvalue weighted by Gasteiger charge is -2.34. The molecular weight excluding hydrogens is 268 g/mol. The second kappa shape index (κ2) is 5.50. The quantitative estimate of drug-likeness (QED) is 0.697. The van der Waals surface area contributed by atoms with Crippen LogP contribution in [0.15, 0.2) is 24.3 Å². The molecule has 0 unspecified atom stereocenters. The molecule has 1 aliphatic heterocycles. The van der Waals surface area contributed by atoms with Crippen molar-refractivity contribution < 1.29 is 19.1 Å². The van der Waals surface area contributed by atoms with Crippen molar-refractivity contribution in [2.45, 2.75) is 56.3 Å². The smallest absolute Gasteiger partial charge is 0.230 e. The Balaban J connectivity index is 2.05. The van der Waals surface area contributed by atoms with Crippen LogP contribution >= 0.6 is 0 Å². The van der Waals surface area contributed by atoms with Crippen LogP contribution in [0.4, 0.5) is 0 Å². The van der Waals surface area contributed by atoms with Gasteiger partial charge in [0.25, 0.3) is 0 Å². The van der Waals surface area contributed by atoms with Gasteiger partial charge in [-0.15, -0.1) is 0 Å². The Kier molecular flexibility index (Phi) is 3.84. The van der Waals surface area contributed by atoms with E-state index in [-0.39, 0.29) is 11.6 Å². The zero-order chi connectivity index (χ0) is 14.9. The standard InChI is InChI=1S/C17H22O4/c1-20-17-12-8-4-5-9-13(15(17)19)16(21-17)11-7-3-2-6-10-14(16)18/h2-5,13H,6-12H2,1H3/b3-2-,5-4-/t13-,16+,17+/m0/s1. The van der Waals surface area contributed by atoms with Gasteiger partial charge in [0, 0.05) is 20.0 Å². The van der Waals surface area contributed by atoms with E-state index in [1.807, 2.05) is 12.2 Å². The summed E-state index contributed by atoms with van der Waals surface area (Å²) in [6.45, 7) is 0. The van der Waals surface area contributed by atoms with E-state index < -0.39 is 17.3 Å². The van der Waals surface area contributed by atoms with Crippen LogP contribution in [0.25, 0.3) is 0 Å². The molecule has 0 N–H and O–H groups in total. The van der Waals surface area contributed by atoms with Gasteiger partial charge in [0.1, 0.15) is 5.60 Å². The Morgan fingerprint density at radius 1 is 1.10 bits per heavy atom. The number of carbonyl (C=O) groups is 2. The molecule has 1 spiro atoms. The number of hydrogen-bond donors (Lipinski definition) is 0. The molecule has 0 aromatic carbocycles. The third-order valence-corrected chi connectivity index (χ3v) is 4.97. The number of ether oxygens (including phenoxy) is 2. The third kappa shape index (κ3) is 2.21. The summed E-state index contributed by atoms with van der Waals surface area (Å²) in [5.41, 5.74) is -0.994. The van der Waals surface area contributed by atoms with Crippen molar-refractivity contribution in [2.24, 2.45) is 5.92 Å². The van der Waals surface area contributed by atoms with Gasteiger partial charge in [-0.2, -0.15) is 0 Å². The van der Waals surface area contributed by atoms with Crippen molar-refractivity contribution in [3.05, 3.63) is 24.3 Å². The van der Waals surface area contributed by atoms with E-state index in [0.717, 1.165) is 19.3 Å². The molecule has 21 heavy (non-hydrogen) atoms. The highest BCUT2D eigenvalue weighted by molar-refractivity contribution is 6.01. The van der Waals surface area contributed by atoms with Crippen molar-refractivity contribution in [1.82, 2.24) is 0 Å². The highest BCUT2D eigenvalue weighted by atomic mass is 16.7. The zero-order valence-electron chi connectivity index (χ0n) is 12.5. The van der Waals surface area contributed by atoms with Crippen molar-refractivity contribution in [3.8, 4) is 0 Å². The maximum absolute atomic E-state index is 12.9. The number of hydrogen-bond acceptors (Lipinski definition) is 4. The number of ketones is 2. The lowest BCUT2D eigenvalue weighted by molar-refractivity contribution is -0.235. The molecule has 0 radical (unpaired) electrons. The Morgan fingerprint density at radius 3 is 2.62 bits per heavy atom. The average molecular weight is 290 g/mol. The summed E-state index contributed by atoms with van der Waals surface area (Å²) in [6, 6.07) is 0. The molecule has 0 amide bonds. The van der Waals surface area contributed by atoms with Gasteiger partial charge in [0.2, 0.25) is 5.79 Å². The summed E-state index contributed by atoms with van der Waals surface area (Å²) in [4.78, 5) is 25.6. The SMILES string of the molecule is CO[C@@]12CC/C=C\C[C@@H](C1=O)[C@@]1(CC/C=C\CCC1=O)O2. The summed E-state index contributed by atoms with van der Waals surface area (Å²) >= 11 is 0. The van der Waals surface area contributed by atoms with Gasteiger partial charge in [-0.1, -0.05) is 24.3 Å². The number of carbonyl (C=O) groups excluding carboxylic acids is 2. The lowest BCUT2D eigenvalue weighted by Crippen LogP contribution is -2.46. The summed E-state index contributed by atoms with van der Waals surface area (Å²) < 4.78 is 11.7. The van der Waals surface area contributed by atoms with E-state index >= 15 is 0 Å². The van der Waals surface area contributed by atoms with Gasteiger partial charge in [-0.3, -0.25) is 9.59 Å². The maximum Gasteiger partial charge on any atom is 0.230 e. The molecular formula is C17H22O4. The van der Waals surface area contributed by atoms with Crippen molar-refractivity contribution >= 4 is 11.6 Å². The minimum atomic E-state index is -1.23. The Morgan fingerprint density at radius 2 is 1.81 bits per heavy atom. The van der Waals surface area contributed by atoms with Gasteiger partial charge < -0.3 is 9.47 Å². The zero-order valence-corrected chi connectivity index (χ0v) is 12.5. The van der Waals surface area contributed by atoms with E-state index in [1.165, 1.54) is 7.11 Å². The van der Waals surface area contributed by atoms with Gasteiger partial charge in [-0.25, -0.2) is 0 Å². The molecule has 2 bridgehead atoms. The predicted molar refractivity (Wildman–Crippen MR) is 77.7 cm³/mol. The third-order valence-electron chi connectivity index (χ3n) is 4.97. The van der Waals surface area contributed by atoms with E-state index in [2.05, 4.69) is 12.2 Å². The molecule has 1 heterocycles. The predicted octanol–water partition coefficient (Wildman–Crippen LogP) is 2.72. The van der Waals surface area contributed by atoms with Gasteiger partial charge in [0.15, 0.2) is 11.6 Å². The van der Waals surface area contributed by atoms with E-state index in [0.29, 0.717) is 25.7 Å². The first-order chi connectivity index (χ1) is 10.1. The Bertz CT molecular complexity index is 507. The average Bonchev–Trinajstić information content (AvgIpc) is 2.75. The minimum Gasteiger partial charge on any atom is -0.347 e. The molecule has 114 valence electrons. The van der Waals surface area contributed by atoms with Crippen LogP contribution in [0.5, 0.6) is 0 Å². The van der Waals surface area contributed by atoms with Crippen molar-refractivity contribution in [2.75, 3.05) is 7.11 Å². The molecule has 3 atom stereocenters. The normalized spacial score (nSPS) is 43.0. The number of rotatable bonds is 1. The summed E-state index contributed by atoms with van der Waals surface area (Å²) in [5, 5.41) is 0. The fraction of sp³-hybridized carbons (Fsp3) is 0.647. The van der Waals surface area contributed by atoms with Crippen LogP contribution in [0.3, 0.4) is 0 Å². The first kappa shape index (κ1) is 14.7. The molecule has 1 saturated heterocycles. The second-order valence-electron chi connectivity index (χ2n) is 6.08. The summed E-state index contributed by atoms with van der Waals surface area (Å²) in [6.07, 6.45) is 12.5. The summed E-state index contributed by atoms with van der Waals surface area (Å²) in [7, 11) is 1.51. The monoisotopic (exact) mass is 290 g/mol. The first-order valence-electron chi connectivity index (χ1n) is 7.77. The van der Waals surface area contributed by atoms with Crippen LogP contribution in [-0.2, 0) is 19.1 Å². The van der Waals surface area contributed by atoms with Crippen LogP contribution in [0, 0.1) is 5.92 Å². The van der Waals surface area contributed by atoms with Gasteiger partial charge in [-0.05, 0) is 32.1 Å². The fourth-order valence-corrected chi connectivity index (χ4v) is 3.81. The number of Topliss-reactive ketones (excluding diaryl/α,β-unsaturated/α-hetero) is 2. The Labute approximate surface area is 125 Å². The maximum atomic E-state index is 12.9. The van der Waals surface area contributed by atoms with E-state index in [1.54, 1.807) is 0 Å². The van der Waals surface area contributed by atoms with E-state index in [4.69, 9.17) is 9.47 Å². The molecule has 4 heteroatoms. The van der Waals surface area contributed by atoms with Crippen LogP contribution in [-0.4, -0.2) is 30.1 Å². The molecule has 0 aromatic rings. The topological polar surface area (TPSA) is 52.6 Å². The molecule has 4 nitrogen and oxygen atoms in total. The molecule has 0 aromatic heterocycles. The van der Waals surface area contributed by atoms with Crippen LogP contribution in [0.2, 0.25) is 0 Å². The minimum absolute atomic E-state index is 0.0488. The second-order valence-corrected chi connectivity index (χ2v) is 6.08.